The summed E-state index contributed by atoms with van der Waals surface area (Å²) in [6.07, 6.45) is 3.26. The van der Waals surface area contributed by atoms with Crippen molar-refractivity contribution in [2.75, 3.05) is 18.4 Å². The van der Waals surface area contributed by atoms with Gasteiger partial charge in [-0.3, -0.25) is 0 Å². The lowest BCUT2D eigenvalue weighted by molar-refractivity contribution is 0.0258. The maximum Gasteiger partial charge on any atom is 0.410 e. The molecular weight excluding hydrogens is 478 g/mol. The second-order valence-corrected chi connectivity index (χ2v) is 10.9. The van der Waals surface area contributed by atoms with Gasteiger partial charge < -0.3 is 19.7 Å². The Hall–Kier alpha value is -4.07. The highest BCUT2D eigenvalue weighted by atomic mass is 16.6. The van der Waals surface area contributed by atoms with Crippen molar-refractivity contribution < 1.29 is 14.3 Å². The van der Waals surface area contributed by atoms with Crippen LogP contribution in [0.5, 0.6) is 5.75 Å². The summed E-state index contributed by atoms with van der Waals surface area (Å²) in [5.41, 5.74) is 5.54. The largest absolute Gasteiger partial charge is 0.490 e. The van der Waals surface area contributed by atoms with Crippen molar-refractivity contribution >= 4 is 23.4 Å². The molecule has 0 saturated heterocycles. The predicted octanol–water partition coefficient (Wildman–Crippen LogP) is 6.26. The van der Waals surface area contributed by atoms with E-state index in [0.717, 1.165) is 41.1 Å². The second-order valence-electron chi connectivity index (χ2n) is 10.9. The van der Waals surface area contributed by atoms with Crippen molar-refractivity contribution in [2.24, 2.45) is 0 Å². The van der Waals surface area contributed by atoms with Crippen LogP contribution in [-0.4, -0.2) is 50.4 Å². The zero-order chi connectivity index (χ0) is 26.9. The minimum atomic E-state index is -0.502. The molecule has 1 amide bonds. The Balaban J connectivity index is 1.36. The third kappa shape index (κ3) is 5.74. The van der Waals surface area contributed by atoms with Gasteiger partial charge in [0.2, 0.25) is 5.95 Å². The van der Waals surface area contributed by atoms with Gasteiger partial charge in [-0.2, -0.15) is 4.98 Å². The van der Waals surface area contributed by atoms with Gasteiger partial charge in [0.1, 0.15) is 11.4 Å². The smallest absolute Gasteiger partial charge is 0.410 e. The van der Waals surface area contributed by atoms with E-state index >= 15 is 0 Å². The molecule has 0 unspecified atom stereocenters. The van der Waals surface area contributed by atoms with E-state index in [2.05, 4.69) is 22.5 Å². The molecule has 0 atom stereocenters. The number of ether oxygens (including phenoxy) is 2. The fraction of sp³-hybridized carbons (Fsp3) is 0.367. The number of carbonyl (C=O) groups is 1. The number of carbonyl (C=O) groups excluding carboxylic acids is 1. The van der Waals surface area contributed by atoms with Crippen LogP contribution in [0.3, 0.4) is 0 Å². The molecular formula is C30H35N5O3. The summed E-state index contributed by atoms with van der Waals surface area (Å²) in [7, 11) is 0. The van der Waals surface area contributed by atoms with E-state index in [0.29, 0.717) is 19.0 Å². The lowest BCUT2D eigenvalue weighted by atomic mass is 10.0. The van der Waals surface area contributed by atoms with Gasteiger partial charge in [0.05, 0.1) is 6.10 Å². The van der Waals surface area contributed by atoms with E-state index < -0.39 is 5.60 Å². The average Bonchev–Trinajstić information content (AvgIpc) is 3.14. The Kier molecular flexibility index (Phi) is 6.97. The van der Waals surface area contributed by atoms with Crippen LogP contribution in [0.15, 0.2) is 60.8 Å². The lowest BCUT2D eigenvalue weighted by Gasteiger charge is -2.26. The molecule has 198 valence electrons. The summed E-state index contributed by atoms with van der Waals surface area (Å²) < 4.78 is 13.4. The fourth-order valence-electron chi connectivity index (χ4n) is 4.66. The summed E-state index contributed by atoms with van der Waals surface area (Å²) in [6, 6.07) is 18.3. The summed E-state index contributed by atoms with van der Waals surface area (Å²) in [6.45, 7) is 11.0. The standard InChI is InChI=1S/C30H35N5O3/c1-20(2)37-26-11-7-6-9-24(26)25-10-8-16-35-27(25)32-28(33-35)31-23-13-12-21-14-17-34(18-15-22(21)19-23)29(36)38-30(3,4)5/h6-13,16,19-20H,14-15,17-18H2,1-5H3,(H,31,33). The van der Waals surface area contributed by atoms with E-state index in [-0.39, 0.29) is 12.2 Å². The molecule has 0 spiro atoms. The van der Waals surface area contributed by atoms with E-state index in [4.69, 9.17) is 14.5 Å². The lowest BCUT2D eigenvalue weighted by Crippen LogP contribution is -2.38. The number of nitrogens with zero attached hydrogens (tertiary/aromatic N) is 4. The van der Waals surface area contributed by atoms with Gasteiger partial charge >= 0.3 is 6.09 Å². The Bertz CT molecular complexity index is 1450. The summed E-state index contributed by atoms with van der Waals surface area (Å²) in [5, 5.41) is 8.04. The van der Waals surface area contributed by atoms with Crippen LogP contribution in [0.1, 0.15) is 45.7 Å². The third-order valence-corrected chi connectivity index (χ3v) is 6.32. The average molecular weight is 514 g/mol. The highest BCUT2D eigenvalue weighted by Crippen LogP contribution is 2.33. The number of anilines is 2. The molecule has 1 aliphatic rings. The molecule has 2 aromatic heterocycles. The Morgan fingerprint density at radius 1 is 0.974 bits per heavy atom. The van der Waals surface area contributed by atoms with E-state index in [1.165, 1.54) is 11.1 Å². The monoisotopic (exact) mass is 513 g/mol. The molecule has 0 bridgehead atoms. The second kappa shape index (κ2) is 10.4. The first-order valence-electron chi connectivity index (χ1n) is 13.1. The van der Waals surface area contributed by atoms with Crippen LogP contribution in [0, 0.1) is 0 Å². The number of rotatable bonds is 5. The molecule has 0 fully saturated rings. The molecule has 2 aromatic carbocycles. The number of fused-ring (bicyclic) bond motifs is 2. The van der Waals surface area contributed by atoms with Crippen LogP contribution < -0.4 is 10.1 Å². The van der Waals surface area contributed by atoms with Crippen LogP contribution in [-0.2, 0) is 17.6 Å². The highest BCUT2D eigenvalue weighted by Gasteiger charge is 2.24. The van der Waals surface area contributed by atoms with Crippen LogP contribution in [0.4, 0.5) is 16.4 Å². The summed E-state index contributed by atoms with van der Waals surface area (Å²) in [5.74, 6) is 1.34. The number of para-hydroxylation sites is 1. The normalized spacial score (nSPS) is 13.8. The van der Waals surface area contributed by atoms with Crippen molar-refractivity contribution in [3.63, 3.8) is 0 Å². The molecule has 0 aliphatic carbocycles. The van der Waals surface area contributed by atoms with Crippen LogP contribution in [0.2, 0.25) is 0 Å². The molecule has 5 rings (SSSR count). The molecule has 3 heterocycles. The number of hydrogen-bond donors (Lipinski definition) is 1. The minimum Gasteiger partial charge on any atom is -0.490 e. The van der Waals surface area contributed by atoms with Crippen LogP contribution in [0.25, 0.3) is 16.8 Å². The van der Waals surface area contributed by atoms with E-state index in [1.807, 2.05) is 83.3 Å². The molecule has 38 heavy (non-hydrogen) atoms. The molecule has 8 nitrogen and oxygen atoms in total. The molecule has 1 N–H and O–H groups in total. The van der Waals surface area contributed by atoms with Crippen molar-refractivity contribution in [2.45, 2.75) is 59.2 Å². The molecule has 8 heteroatoms. The third-order valence-electron chi connectivity index (χ3n) is 6.32. The molecule has 4 aromatic rings. The maximum atomic E-state index is 12.6. The zero-order valence-corrected chi connectivity index (χ0v) is 22.7. The van der Waals surface area contributed by atoms with E-state index in [9.17, 15) is 4.79 Å². The van der Waals surface area contributed by atoms with Gasteiger partial charge in [0.15, 0.2) is 5.65 Å². The number of pyridine rings is 1. The van der Waals surface area contributed by atoms with Gasteiger partial charge in [0, 0.05) is 36.1 Å². The number of hydrogen-bond acceptors (Lipinski definition) is 6. The van der Waals surface area contributed by atoms with Crippen molar-refractivity contribution in [1.82, 2.24) is 19.5 Å². The molecule has 1 aliphatic heterocycles. The predicted molar refractivity (Wildman–Crippen MR) is 149 cm³/mol. The summed E-state index contributed by atoms with van der Waals surface area (Å²) in [4.78, 5) is 19.2. The Morgan fingerprint density at radius 3 is 2.47 bits per heavy atom. The van der Waals surface area contributed by atoms with Gasteiger partial charge in [-0.05, 0) is 88.9 Å². The van der Waals surface area contributed by atoms with E-state index in [1.54, 1.807) is 9.42 Å². The fourth-order valence-corrected chi connectivity index (χ4v) is 4.66. The van der Waals surface area contributed by atoms with Crippen LogP contribution >= 0.6 is 0 Å². The number of amides is 1. The highest BCUT2D eigenvalue weighted by molar-refractivity contribution is 5.82. The van der Waals surface area contributed by atoms with Gasteiger partial charge in [-0.1, -0.05) is 24.3 Å². The van der Waals surface area contributed by atoms with Gasteiger partial charge in [-0.15, -0.1) is 5.10 Å². The number of aromatic nitrogens is 3. The first-order valence-corrected chi connectivity index (χ1v) is 13.1. The van der Waals surface area contributed by atoms with Crippen molar-refractivity contribution in [3.05, 3.63) is 71.9 Å². The maximum absolute atomic E-state index is 12.6. The Morgan fingerprint density at radius 2 is 1.71 bits per heavy atom. The zero-order valence-electron chi connectivity index (χ0n) is 22.7. The van der Waals surface area contributed by atoms with Crippen molar-refractivity contribution in [1.29, 1.82) is 0 Å². The summed E-state index contributed by atoms with van der Waals surface area (Å²) >= 11 is 0. The van der Waals surface area contributed by atoms with Gasteiger partial charge in [0.25, 0.3) is 0 Å². The van der Waals surface area contributed by atoms with Gasteiger partial charge in [-0.25, -0.2) is 9.31 Å². The molecule has 0 radical (unpaired) electrons. The van der Waals surface area contributed by atoms with Crippen molar-refractivity contribution in [3.8, 4) is 16.9 Å². The topological polar surface area (TPSA) is 81.0 Å². The number of nitrogens with one attached hydrogen (secondary N) is 1. The quantitative estimate of drug-likeness (QED) is 0.339. The SMILES string of the molecule is CC(C)Oc1ccccc1-c1cccn2nc(Nc3ccc4c(c3)CCN(C(=O)OC(C)(C)C)CC4)nc12. The first-order chi connectivity index (χ1) is 18.2. The first kappa shape index (κ1) is 25.6. The number of benzene rings is 2. The minimum absolute atomic E-state index is 0.0652. The Labute approximate surface area is 223 Å². The molecule has 0 saturated carbocycles.